The van der Waals surface area contributed by atoms with Gasteiger partial charge >= 0.3 is 0 Å². The zero-order valence-electron chi connectivity index (χ0n) is 10.9. The summed E-state index contributed by atoms with van der Waals surface area (Å²) in [6.07, 6.45) is 7.27. The van der Waals surface area contributed by atoms with Gasteiger partial charge in [0.15, 0.2) is 0 Å². The minimum Gasteiger partial charge on any atom is -0.369 e. The normalized spacial score (nSPS) is 61.3. The SMILES string of the molecule is C[C@@H]1CC[C@H]2C(C)(C)[C@H]3C[C@@]12CC[C@@]31CO1. The van der Waals surface area contributed by atoms with Crippen molar-refractivity contribution in [2.24, 2.45) is 28.6 Å². The van der Waals surface area contributed by atoms with Crippen LogP contribution in [0.2, 0.25) is 0 Å². The Morgan fingerprint density at radius 1 is 1.06 bits per heavy atom. The lowest BCUT2D eigenvalue weighted by molar-refractivity contribution is 0.0696. The molecule has 0 amide bonds. The number of rotatable bonds is 0. The maximum atomic E-state index is 5.90. The highest BCUT2D eigenvalue weighted by molar-refractivity contribution is 5.21. The van der Waals surface area contributed by atoms with E-state index in [9.17, 15) is 0 Å². The quantitative estimate of drug-likeness (QED) is 0.568. The van der Waals surface area contributed by atoms with Gasteiger partial charge in [0, 0.05) is 0 Å². The van der Waals surface area contributed by atoms with E-state index in [0.717, 1.165) is 24.4 Å². The summed E-state index contributed by atoms with van der Waals surface area (Å²) in [6, 6.07) is 0. The molecule has 0 unspecified atom stereocenters. The fraction of sp³-hybridized carbons (Fsp3) is 1.00. The minimum absolute atomic E-state index is 0.346. The van der Waals surface area contributed by atoms with Gasteiger partial charge in [0.25, 0.3) is 0 Å². The third-order valence-corrected chi connectivity index (χ3v) is 7.11. The molecule has 0 aromatic rings. The van der Waals surface area contributed by atoms with E-state index in [-0.39, 0.29) is 0 Å². The van der Waals surface area contributed by atoms with Crippen LogP contribution in [-0.4, -0.2) is 12.2 Å². The van der Waals surface area contributed by atoms with Gasteiger partial charge in [-0.25, -0.2) is 0 Å². The molecule has 4 fully saturated rings. The molecule has 0 aromatic heterocycles. The predicted molar refractivity (Wildman–Crippen MR) is 64.1 cm³/mol. The van der Waals surface area contributed by atoms with E-state index in [4.69, 9.17) is 4.74 Å². The lowest BCUT2D eigenvalue weighted by atomic mass is 9.65. The molecule has 4 rings (SSSR count). The molecule has 3 aliphatic carbocycles. The third-order valence-electron chi connectivity index (χ3n) is 7.11. The van der Waals surface area contributed by atoms with Crippen LogP contribution in [0.5, 0.6) is 0 Å². The molecule has 1 nitrogen and oxygen atoms in total. The van der Waals surface area contributed by atoms with Crippen LogP contribution < -0.4 is 0 Å². The molecular weight excluding hydrogens is 196 g/mol. The molecule has 0 radical (unpaired) electrons. The Kier molecular flexibility index (Phi) is 1.57. The zero-order chi connectivity index (χ0) is 11.2. The van der Waals surface area contributed by atoms with E-state index in [1.807, 2.05) is 0 Å². The van der Waals surface area contributed by atoms with Crippen molar-refractivity contribution in [3.63, 3.8) is 0 Å². The van der Waals surface area contributed by atoms with E-state index in [2.05, 4.69) is 20.8 Å². The van der Waals surface area contributed by atoms with E-state index in [1.54, 1.807) is 0 Å². The topological polar surface area (TPSA) is 12.5 Å². The third kappa shape index (κ3) is 0.868. The number of hydrogen-bond acceptors (Lipinski definition) is 1. The second-order valence-electron chi connectivity index (χ2n) is 7.70. The number of ether oxygens (including phenoxy) is 1. The number of epoxide rings is 1. The molecule has 90 valence electrons. The van der Waals surface area contributed by atoms with Gasteiger partial charge in [-0.2, -0.15) is 0 Å². The van der Waals surface area contributed by atoms with Gasteiger partial charge in [0.2, 0.25) is 0 Å². The van der Waals surface area contributed by atoms with Crippen molar-refractivity contribution in [1.29, 1.82) is 0 Å². The first-order valence-electron chi connectivity index (χ1n) is 7.15. The van der Waals surface area contributed by atoms with Crippen molar-refractivity contribution in [1.82, 2.24) is 0 Å². The Balaban J connectivity index is 1.82. The van der Waals surface area contributed by atoms with Crippen molar-refractivity contribution in [3.8, 4) is 0 Å². The van der Waals surface area contributed by atoms with Crippen molar-refractivity contribution in [3.05, 3.63) is 0 Å². The molecule has 1 heteroatoms. The smallest absolute Gasteiger partial charge is 0.0950 e. The summed E-state index contributed by atoms with van der Waals surface area (Å²) in [7, 11) is 0. The van der Waals surface area contributed by atoms with Gasteiger partial charge in [-0.1, -0.05) is 20.8 Å². The summed E-state index contributed by atoms with van der Waals surface area (Å²) in [6.45, 7) is 8.66. The van der Waals surface area contributed by atoms with E-state index in [0.29, 0.717) is 16.4 Å². The fourth-order valence-corrected chi connectivity index (χ4v) is 6.12. The maximum absolute atomic E-state index is 5.90. The van der Waals surface area contributed by atoms with Gasteiger partial charge in [-0.3, -0.25) is 0 Å². The highest BCUT2D eigenvalue weighted by atomic mass is 16.6. The van der Waals surface area contributed by atoms with E-state index < -0.39 is 0 Å². The van der Waals surface area contributed by atoms with Gasteiger partial charge in [-0.05, 0) is 60.7 Å². The molecule has 1 saturated heterocycles. The lowest BCUT2D eigenvalue weighted by Gasteiger charge is -2.39. The molecule has 1 heterocycles. The lowest BCUT2D eigenvalue weighted by Crippen LogP contribution is -2.37. The van der Waals surface area contributed by atoms with Crippen molar-refractivity contribution in [2.75, 3.05) is 6.61 Å². The molecular formula is C15H24O. The molecule has 2 bridgehead atoms. The average molecular weight is 220 g/mol. The van der Waals surface area contributed by atoms with Crippen LogP contribution in [0.15, 0.2) is 0 Å². The molecule has 0 aromatic carbocycles. The number of hydrogen-bond donors (Lipinski definition) is 0. The monoisotopic (exact) mass is 220 g/mol. The molecule has 1 aliphatic heterocycles. The van der Waals surface area contributed by atoms with Crippen LogP contribution in [0.4, 0.5) is 0 Å². The summed E-state index contributed by atoms with van der Waals surface area (Å²) in [5, 5.41) is 0. The second-order valence-corrected chi connectivity index (χ2v) is 7.70. The molecule has 5 atom stereocenters. The van der Waals surface area contributed by atoms with Crippen LogP contribution in [0.1, 0.15) is 52.9 Å². The fourth-order valence-electron chi connectivity index (χ4n) is 6.12. The van der Waals surface area contributed by atoms with Gasteiger partial charge in [0.05, 0.1) is 12.2 Å². The number of fused-ring (bicyclic) bond motifs is 2. The summed E-state index contributed by atoms with van der Waals surface area (Å²) < 4.78 is 5.90. The molecule has 0 N–H and O–H groups in total. The van der Waals surface area contributed by atoms with Gasteiger partial charge in [-0.15, -0.1) is 0 Å². The van der Waals surface area contributed by atoms with Crippen LogP contribution in [0.3, 0.4) is 0 Å². The molecule has 16 heavy (non-hydrogen) atoms. The summed E-state index contributed by atoms with van der Waals surface area (Å²) in [4.78, 5) is 0. The largest absolute Gasteiger partial charge is 0.369 e. The first kappa shape index (κ1) is 9.94. The predicted octanol–water partition coefficient (Wildman–Crippen LogP) is 3.63. The Morgan fingerprint density at radius 3 is 2.50 bits per heavy atom. The minimum atomic E-state index is 0.346. The first-order chi connectivity index (χ1) is 7.51. The first-order valence-corrected chi connectivity index (χ1v) is 7.15. The Bertz CT molecular complexity index is 337. The Morgan fingerprint density at radius 2 is 1.81 bits per heavy atom. The van der Waals surface area contributed by atoms with Crippen molar-refractivity contribution < 1.29 is 4.74 Å². The molecule has 4 aliphatic rings. The highest BCUT2D eigenvalue weighted by Crippen LogP contribution is 2.75. The van der Waals surface area contributed by atoms with Crippen LogP contribution in [0, 0.1) is 28.6 Å². The van der Waals surface area contributed by atoms with Crippen LogP contribution >= 0.6 is 0 Å². The van der Waals surface area contributed by atoms with Crippen molar-refractivity contribution in [2.45, 2.75) is 58.5 Å². The maximum Gasteiger partial charge on any atom is 0.0950 e. The van der Waals surface area contributed by atoms with E-state index in [1.165, 1.54) is 32.1 Å². The van der Waals surface area contributed by atoms with Crippen LogP contribution in [0.25, 0.3) is 0 Å². The summed E-state index contributed by atoms with van der Waals surface area (Å²) in [5.41, 5.74) is 1.60. The average Bonchev–Trinajstić information content (AvgIpc) is 2.89. The second kappa shape index (κ2) is 2.53. The van der Waals surface area contributed by atoms with Crippen LogP contribution in [-0.2, 0) is 4.74 Å². The standard InChI is InChI=1S/C15H24O/c1-10-4-5-11-13(2,3)12-8-14(10,11)6-7-15(12)9-16-15/h10-12H,4-9H2,1-3H3/t10-,11+,12-,14+,15-/m1/s1. The summed E-state index contributed by atoms with van der Waals surface area (Å²) in [5.74, 6) is 2.82. The summed E-state index contributed by atoms with van der Waals surface area (Å²) >= 11 is 0. The van der Waals surface area contributed by atoms with Crippen molar-refractivity contribution >= 4 is 0 Å². The Hall–Kier alpha value is -0.0400. The van der Waals surface area contributed by atoms with Gasteiger partial charge in [0.1, 0.15) is 0 Å². The zero-order valence-corrected chi connectivity index (χ0v) is 10.9. The van der Waals surface area contributed by atoms with Gasteiger partial charge < -0.3 is 4.74 Å². The molecule has 2 spiro atoms. The van der Waals surface area contributed by atoms with E-state index >= 15 is 0 Å². The Labute approximate surface area is 98.9 Å². The molecule has 3 saturated carbocycles. The highest BCUT2D eigenvalue weighted by Gasteiger charge is 2.72.